The average Bonchev–Trinajstić information content (AvgIpc) is 2.19. The molecule has 0 bridgehead atoms. The molecule has 0 aromatic heterocycles. The summed E-state index contributed by atoms with van der Waals surface area (Å²) in [5, 5.41) is 1.08. The number of rotatable bonds is 2. The zero-order chi connectivity index (χ0) is 9.23. The van der Waals surface area contributed by atoms with Gasteiger partial charge in [0.2, 0.25) is 0 Å². The van der Waals surface area contributed by atoms with Gasteiger partial charge in [0.1, 0.15) is 0 Å². The van der Waals surface area contributed by atoms with Crippen molar-refractivity contribution in [3.05, 3.63) is 55.1 Å². The number of benzene rings is 1. The van der Waals surface area contributed by atoms with Crippen LogP contribution in [0.5, 0.6) is 0 Å². The molecule has 0 aliphatic carbocycles. The molecule has 0 saturated carbocycles. The standard InChI is InChI=1S/C8H8.C3H5.Li/c1-2-8-6-4-3-5-7-8;1-3-2;/h2-7H,1H2;3H,1-2H2;. The van der Waals surface area contributed by atoms with Gasteiger partial charge in [-0.2, -0.15) is 0 Å². The summed E-state index contributed by atoms with van der Waals surface area (Å²) in [5.74, 6) is 0. The van der Waals surface area contributed by atoms with Crippen molar-refractivity contribution in [3.63, 3.8) is 0 Å². The van der Waals surface area contributed by atoms with Crippen LogP contribution in [-0.4, -0.2) is 17.7 Å². The molecular weight excluding hydrogens is 139 g/mol. The molecule has 0 aliphatic heterocycles. The molecule has 0 fully saturated rings. The van der Waals surface area contributed by atoms with Gasteiger partial charge < -0.3 is 0 Å². The van der Waals surface area contributed by atoms with Gasteiger partial charge in [0.05, 0.1) is 0 Å². The summed E-state index contributed by atoms with van der Waals surface area (Å²) in [7, 11) is 0. The second-order valence-electron chi connectivity index (χ2n) is 2.31. The minimum absolute atomic E-state index is 1.08. The molecule has 0 spiro atoms. The fourth-order valence-corrected chi connectivity index (χ4v) is 0.589. The van der Waals surface area contributed by atoms with Crippen molar-refractivity contribution in [1.29, 1.82) is 0 Å². The van der Waals surface area contributed by atoms with Crippen molar-refractivity contribution in [2.75, 3.05) is 0 Å². The van der Waals surface area contributed by atoms with Crippen molar-refractivity contribution in [3.8, 4) is 0 Å². The average molecular weight is 152 g/mol. The summed E-state index contributed by atoms with van der Waals surface area (Å²) in [5.41, 5.74) is 1.17. The molecular formula is C11H13Li. The van der Waals surface area contributed by atoms with Crippen LogP contribution in [-0.2, 0) is 0 Å². The first-order valence-corrected chi connectivity index (χ1v) is 4.13. The molecule has 12 heavy (non-hydrogen) atoms. The van der Waals surface area contributed by atoms with E-state index in [2.05, 4.69) is 30.9 Å². The molecule has 0 radical (unpaired) electrons. The van der Waals surface area contributed by atoms with E-state index in [4.69, 9.17) is 0 Å². The second-order valence-corrected chi connectivity index (χ2v) is 2.31. The van der Waals surface area contributed by atoms with Crippen LogP contribution in [0, 0.1) is 0 Å². The molecule has 58 valence electrons. The van der Waals surface area contributed by atoms with E-state index in [0.717, 1.165) is 5.09 Å². The van der Waals surface area contributed by atoms with Crippen LogP contribution in [0.15, 0.2) is 49.6 Å². The van der Waals surface area contributed by atoms with Crippen molar-refractivity contribution < 1.29 is 0 Å². The molecule has 0 saturated heterocycles. The number of allylic oxidation sites excluding steroid dienone is 1. The fourth-order valence-electron chi connectivity index (χ4n) is 0.589. The molecule has 0 N–H and O–H groups in total. The Morgan fingerprint density at radius 2 is 1.67 bits per heavy atom. The predicted octanol–water partition coefficient (Wildman–Crippen LogP) is 3.09. The molecule has 0 aliphatic rings. The van der Waals surface area contributed by atoms with E-state index in [1.807, 2.05) is 42.5 Å². The first-order valence-electron chi connectivity index (χ1n) is 4.13. The van der Waals surface area contributed by atoms with Crippen molar-refractivity contribution in [1.82, 2.24) is 0 Å². The van der Waals surface area contributed by atoms with Gasteiger partial charge in [-0.15, -0.1) is 0 Å². The summed E-state index contributed by atoms with van der Waals surface area (Å²) < 4.78 is 0. The van der Waals surface area contributed by atoms with Gasteiger partial charge in [0.15, 0.2) is 0 Å². The first kappa shape index (κ1) is 11.3. The van der Waals surface area contributed by atoms with Crippen LogP contribution in [0.4, 0.5) is 0 Å². The Morgan fingerprint density at radius 1 is 1.17 bits per heavy atom. The zero-order valence-corrected chi connectivity index (χ0v) is 7.66. The Labute approximate surface area is 84.2 Å². The van der Waals surface area contributed by atoms with Crippen molar-refractivity contribution in [2.24, 2.45) is 0 Å². The van der Waals surface area contributed by atoms with E-state index in [1.54, 1.807) is 0 Å². The van der Waals surface area contributed by atoms with Crippen LogP contribution in [0.25, 0.3) is 6.08 Å². The van der Waals surface area contributed by atoms with E-state index in [1.165, 1.54) is 5.56 Å². The molecule has 0 nitrogen and oxygen atoms in total. The normalized spacial score (nSPS) is 7.83. The van der Waals surface area contributed by atoms with E-state index in [9.17, 15) is 0 Å². The number of hydrogen-bond acceptors (Lipinski definition) is 0. The van der Waals surface area contributed by atoms with Crippen molar-refractivity contribution >= 4 is 23.8 Å². The molecule has 1 aromatic carbocycles. The Balaban J connectivity index is 0.000000261. The van der Waals surface area contributed by atoms with Gasteiger partial charge in [-0.25, -0.2) is 0 Å². The van der Waals surface area contributed by atoms with Gasteiger partial charge in [0.25, 0.3) is 0 Å². The van der Waals surface area contributed by atoms with Crippen molar-refractivity contribution in [2.45, 2.75) is 5.09 Å². The molecule has 0 unspecified atom stereocenters. The summed E-state index contributed by atoms with van der Waals surface area (Å²) in [6.45, 7) is 7.11. The van der Waals surface area contributed by atoms with E-state index >= 15 is 0 Å². The summed E-state index contributed by atoms with van der Waals surface area (Å²) in [6, 6.07) is 10.0. The molecule has 1 heteroatoms. The molecule has 1 aromatic rings. The van der Waals surface area contributed by atoms with Crippen LogP contribution in [0.2, 0.25) is 5.09 Å². The van der Waals surface area contributed by atoms with Crippen LogP contribution >= 0.6 is 0 Å². The maximum absolute atomic E-state index is 3.63. The Hall–Kier alpha value is -0.703. The van der Waals surface area contributed by atoms with Crippen LogP contribution in [0.3, 0.4) is 0 Å². The van der Waals surface area contributed by atoms with Gasteiger partial charge >= 0.3 is 35.5 Å². The third-order valence-corrected chi connectivity index (χ3v) is 1.32. The number of hydrogen-bond donors (Lipinski definition) is 0. The quantitative estimate of drug-likeness (QED) is 0.451. The van der Waals surface area contributed by atoms with Gasteiger partial charge in [-0.3, -0.25) is 0 Å². The van der Waals surface area contributed by atoms with E-state index < -0.39 is 0 Å². The van der Waals surface area contributed by atoms with E-state index in [-0.39, 0.29) is 0 Å². The third-order valence-electron chi connectivity index (χ3n) is 1.32. The topological polar surface area (TPSA) is 0 Å². The van der Waals surface area contributed by atoms with Gasteiger partial charge in [-0.05, 0) is 5.56 Å². The minimum atomic E-state index is 1.08. The summed E-state index contributed by atoms with van der Waals surface area (Å²) >= 11 is 2.06. The van der Waals surface area contributed by atoms with Gasteiger partial charge in [-0.1, -0.05) is 43.0 Å². The fraction of sp³-hybridized carbons (Fsp3) is 0.0909. The molecule has 1 rings (SSSR count). The maximum atomic E-state index is 3.63. The van der Waals surface area contributed by atoms with Crippen LogP contribution in [0.1, 0.15) is 5.56 Å². The third kappa shape index (κ3) is 6.04. The summed E-state index contributed by atoms with van der Waals surface area (Å²) in [4.78, 5) is 0. The molecule has 0 atom stereocenters. The zero-order valence-electron chi connectivity index (χ0n) is 7.66. The van der Waals surface area contributed by atoms with E-state index in [0.29, 0.717) is 0 Å². The second kappa shape index (κ2) is 8.39. The molecule has 0 amide bonds. The Kier molecular flexibility index (Phi) is 7.90. The Bertz CT molecular complexity index is 214. The van der Waals surface area contributed by atoms with Gasteiger partial charge in [0, 0.05) is 0 Å². The van der Waals surface area contributed by atoms with Crippen LogP contribution < -0.4 is 0 Å². The SMILES string of the molecule is C=Cc1ccccc1.[Li][CH2]C=C. The first-order chi connectivity index (χ1) is 5.85. The Morgan fingerprint density at radius 3 is 1.92 bits per heavy atom. The molecule has 0 heterocycles. The summed E-state index contributed by atoms with van der Waals surface area (Å²) in [6.07, 6.45) is 3.71. The predicted molar refractivity (Wildman–Crippen MR) is 57.3 cm³/mol. The monoisotopic (exact) mass is 152 g/mol.